The van der Waals surface area contributed by atoms with Crippen LogP contribution in [0, 0.1) is 5.82 Å². The number of piperazine rings is 1. The highest BCUT2D eigenvalue weighted by atomic mass is 32.1. The maximum absolute atomic E-state index is 13.2. The molecule has 0 saturated carbocycles. The minimum Gasteiger partial charge on any atom is -0.491 e. The number of rotatable bonds is 7. The molecule has 1 aromatic heterocycles. The van der Waals surface area contributed by atoms with E-state index >= 15 is 0 Å². The lowest BCUT2D eigenvalue weighted by atomic mass is 9.96. The van der Waals surface area contributed by atoms with Crippen LogP contribution in [0.5, 0.6) is 5.75 Å². The lowest BCUT2D eigenvalue weighted by molar-refractivity contribution is -0.157. The second-order valence-electron chi connectivity index (χ2n) is 8.27. The van der Waals surface area contributed by atoms with E-state index in [0.29, 0.717) is 18.9 Å². The number of carbonyl (C=O) groups excluding carboxylic acids is 1. The first-order valence-electron chi connectivity index (χ1n) is 10.6. The molecule has 2 aromatic rings. The molecule has 3 heterocycles. The van der Waals surface area contributed by atoms with Crippen molar-refractivity contribution in [1.82, 2.24) is 19.7 Å². The monoisotopic (exact) mass is 448 g/mol. The van der Waals surface area contributed by atoms with Gasteiger partial charge in [-0.05, 0) is 31.3 Å². The van der Waals surface area contributed by atoms with E-state index in [0.717, 1.165) is 44.3 Å². The van der Waals surface area contributed by atoms with Crippen LogP contribution in [0.25, 0.3) is 0 Å². The largest absolute Gasteiger partial charge is 0.491 e. The number of nitrogens with zero attached hydrogens (tertiary/aromatic N) is 4. The van der Waals surface area contributed by atoms with Crippen LogP contribution in [0.4, 0.5) is 4.39 Å². The molecule has 1 aromatic carbocycles. The van der Waals surface area contributed by atoms with E-state index in [-0.39, 0.29) is 24.8 Å². The summed E-state index contributed by atoms with van der Waals surface area (Å²) in [6, 6.07) is 5.94. The Labute approximate surface area is 186 Å². The zero-order chi connectivity index (χ0) is 21.7. The summed E-state index contributed by atoms with van der Waals surface area (Å²) in [5, 5.41) is 3.01. The molecule has 0 bridgehead atoms. The minimum atomic E-state index is -0.760. The summed E-state index contributed by atoms with van der Waals surface area (Å²) >= 11 is 1.62. The van der Waals surface area contributed by atoms with Gasteiger partial charge in [-0.15, -0.1) is 11.3 Å². The van der Waals surface area contributed by atoms with Crippen LogP contribution in [-0.2, 0) is 16.1 Å². The predicted molar refractivity (Wildman–Crippen MR) is 117 cm³/mol. The summed E-state index contributed by atoms with van der Waals surface area (Å²) in [4.78, 5) is 24.0. The van der Waals surface area contributed by atoms with Gasteiger partial charge in [0.15, 0.2) is 0 Å². The van der Waals surface area contributed by atoms with E-state index in [9.17, 15) is 9.18 Å². The van der Waals surface area contributed by atoms with Gasteiger partial charge in [-0.2, -0.15) is 0 Å². The Morgan fingerprint density at radius 2 is 2.00 bits per heavy atom. The van der Waals surface area contributed by atoms with Gasteiger partial charge < -0.3 is 19.3 Å². The molecular weight excluding hydrogens is 419 g/mol. The highest BCUT2D eigenvalue weighted by Gasteiger charge is 2.41. The first-order chi connectivity index (χ1) is 15.0. The number of likely N-dealkylation sites (N-methyl/N-ethyl adjacent to an activating group) is 1. The summed E-state index contributed by atoms with van der Waals surface area (Å²) < 4.78 is 25.5. The fraction of sp³-hybridized carbons (Fsp3) is 0.545. The Balaban J connectivity index is 1.46. The third-order valence-electron chi connectivity index (χ3n) is 5.81. The fourth-order valence-electron chi connectivity index (χ4n) is 4.01. The normalized spacial score (nSPS) is 23.1. The highest BCUT2D eigenvalue weighted by molar-refractivity contribution is 7.09. The summed E-state index contributed by atoms with van der Waals surface area (Å²) in [5.41, 5.74) is -0.760. The van der Waals surface area contributed by atoms with E-state index < -0.39 is 5.60 Å². The molecule has 7 nitrogen and oxygen atoms in total. The van der Waals surface area contributed by atoms with Crippen molar-refractivity contribution in [3.05, 3.63) is 46.7 Å². The Hall–Kier alpha value is -2.07. The average Bonchev–Trinajstić information content (AvgIpc) is 3.27. The van der Waals surface area contributed by atoms with E-state index in [2.05, 4.69) is 21.8 Å². The molecule has 0 aliphatic carbocycles. The van der Waals surface area contributed by atoms with Crippen molar-refractivity contribution in [3.8, 4) is 5.75 Å². The maximum atomic E-state index is 13.2. The number of hydrogen-bond donors (Lipinski definition) is 0. The molecule has 1 amide bonds. The molecule has 9 heteroatoms. The Morgan fingerprint density at radius 3 is 2.71 bits per heavy atom. The molecule has 31 heavy (non-hydrogen) atoms. The van der Waals surface area contributed by atoms with Gasteiger partial charge in [0.2, 0.25) is 5.91 Å². The Bertz CT molecular complexity index is 843. The summed E-state index contributed by atoms with van der Waals surface area (Å²) in [5.74, 6) is 0.344. The molecule has 168 valence electrons. The van der Waals surface area contributed by atoms with Gasteiger partial charge in [-0.1, -0.05) is 0 Å². The lowest BCUT2D eigenvalue weighted by Gasteiger charge is -2.43. The number of aromatic nitrogens is 1. The van der Waals surface area contributed by atoms with Crippen LogP contribution in [0.3, 0.4) is 0 Å². The van der Waals surface area contributed by atoms with Crippen LogP contribution >= 0.6 is 11.3 Å². The molecular formula is C22H29FN4O3S. The number of ether oxygens (including phenoxy) is 2. The fourth-order valence-corrected chi connectivity index (χ4v) is 4.67. The number of thiazole rings is 1. The number of morpholine rings is 1. The molecule has 2 aliphatic rings. The van der Waals surface area contributed by atoms with Crippen LogP contribution in [0.1, 0.15) is 11.4 Å². The predicted octanol–water partition coefficient (Wildman–Crippen LogP) is 2.10. The van der Waals surface area contributed by atoms with E-state index in [1.165, 1.54) is 12.1 Å². The third-order valence-corrected chi connectivity index (χ3v) is 6.58. The second kappa shape index (κ2) is 10.0. The van der Waals surface area contributed by atoms with Crippen molar-refractivity contribution in [1.29, 1.82) is 0 Å². The van der Waals surface area contributed by atoms with E-state index in [1.54, 1.807) is 23.5 Å². The van der Waals surface area contributed by atoms with Gasteiger partial charge in [-0.25, -0.2) is 9.37 Å². The van der Waals surface area contributed by atoms with Crippen molar-refractivity contribution >= 4 is 17.2 Å². The molecule has 2 aliphatic heterocycles. The Kier molecular flexibility index (Phi) is 7.16. The van der Waals surface area contributed by atoms with Crippen molar-refractivity contribution in [2.75, 3.05) is 59.5 Å². The van der Waals surface area contributed by atoms with E-state index in [4.69, 9.17) is 9.47 Å². The lowest BCUT2D eigenvalue weighted by Crippen LogP contribution is -2.58. The summed E-state index contributed by atoms with van der Waals surface area (Å²) in [6.07, 6.45) is 2.06. The van der Waals surface area contributed by atoms with Gasteiger partial charge in [-0.3, -0.25) is 9.69 Å². The molecule has 2 saturated heterocycles. The van der Waals surface area contributed by atoms with Crippen molar-refractivity contribution < 1.29 is 18.7 Å². The standard InChI is InChI=1S/C22H29FN4O3S/c1-25-7-9-27(10-8-25)21(28)14-22(17-29-19-4-2-18(23)3-5-19)16-26(11-12-30-22)15-20-24-6-13-31-20/h2-6,13H,7-12,14-17H2,1H3/t22-/m0/s1. The average molecular weight is 449 g/mol. The zero-order valence-electron chi connectivity index (χ0n) is 17.8. The molecule has 1 atom stereocenters. The zero-order valence-corrected chi connectivity index (χ0v) is 18.7. The quantitative estimate of drug-likeness (QED) is 0.647. The number of carbonyl (C=O) groups is 1. The van der Waals surface area contributed by atoms with Gasteiger partial charge in [0, 0.05) is 50.8 Å². The molecule has 2 fully saturated rings. The minimum absolute atomic E-state index is 0.0897. The second-order valence-corrected chi connectivity index (χ2v) is 9.25. The number of amides is 1. The summed E-state index contributed by atoms with van der Waals surface area (Å²) in [6.45, 7) is 6.04. The number of halogens is 1. The van der Waals surface area contributed by atoms with E-state index in [1.807, 2.05) is 16.5 Å². The summed E-state index contributed by atoms with van der Waals surface area (Å²) in [7, 11) is 2.07. The van der Waals surface area contributed by atoms with Gasteiger partial charge >= 0.3 is 0 Å². The molecule has 0 spiro atoms. The molecule has 0 radical (unpaired) electrons. The van der Waals surface area contributed by atoms with Crippen LogP contribution in [-0.4, -0.2) is 90.7 Å². The Morgan fingerprint density at radius 1 is 1.23 bits per heavy atom. The van der Waals surface area contributed by atoms with Gasteiger partial charge in [0.05, 0.1) is 19.6 Å². The number of hydrogen-bond acceptors (Lipinski definition) is 7. The topological polar surface area (TPSA) is 58.1 Å². The third kappa shape index (κ3) is 6.00. The van der Waals surface area contributed by atoms with Crippen molar-refractivity contribution in [3.63, 3.8) is 0 Å². The van der Waals surface area contributed by atoms with Gasteiger partial charge in [0.25, 0.3) is 0 Å². The SMILES string of the molecule is CN1CCN(C(=O)C[C@@]2(COc3ccc(F)cc3)CN(Cc3nccs3)CCO2)CC1. The maximum Gasteiger partial charge on any atom is 0.225 e. The highest BCUT2D eigenvalue weighted by Crippen LogP contribution is 2.27. The molecule has 0 unspecified atom stereocenters. The van der Waals surface area contributed by atoms with Gasteiger partial charge in [0.1, 0.15) is 28.8 Å². The smallest absolute Gasteiger partial charge is 0.225 e. The first kappa shape index (κ1) is 22.1. The number of benzene rings is 1. The molecule has 0 N–H and O–H groups in total. The van der Waals surface area contributed by atoms with Crippen LogP contribution in [0.2, 0.25) is 0 Å². The van der Waals surface area contributed by atoms with Crippen LogP contribution in [0.15, 0.2) is 35.8 Å². The van der Waals surface area contributed by atoms with Crippen LogP contribution < -0.4 is 4.74 Å². The van der Waals surface area contributed by atoms with Crippen molar-refractivity contribution in [2.24, 2.45) is 0 Å². The first-order valence-corrected chi connectivity index (χ1v) is 11.5. The van der Waals surface area contributed by atoms with Crippen molar-refractivity contribution in [2.45, 2.75) is 18.6 Å². The molecule has 4 rings (SSSR count).